The molecule has 0 radical (unpaired) electrons. The number of nitrogens with zero attached hydrogens (tertiary/aromatic N) is 8. The van der Waals surface area contributed by atoms with Crippen molar-refractivity contribution >= 4 is 46.4 Å². The fourth-order valence-electron chi connectivity index (χ4n) is 1.77. The highest BCUT2D eigenvalue weighted by atomic mass is 35.5. The zero-order valence-corrected chi connectivity index (χ0v) is 21.9. The highest BCUT2D eigenvalue weighted by Gasteiger charge is 2.05. The van der Waals surface area contributed by atoms with Crippen LogP contribution >= 0.6 is 46.4 Å². The molecule has 0 bridgehead atoms. The molecular formula is C20H16Cl4F4N8. The van der Waals surface area contributed by atoms with Crippen LogP contribution in [0.15, 0.2) is 25.0 Å². The molecule has 36 heavy (non-hydrogen) atoms. The summed E-state index contributed by atoms with van der Waals surface area (Å²) >= 11 is 22.0. The van der Waals surface area contributed by atoms with Crippen molar-refractivity contribution in [3.8, 4) is 0 Å². The lowest BCUT2D eigenvalue weighted by Crippen LogP contribution is -1.94. The van der Waals surface area contributed by atoms with Gasteiger partial charge in [-0.05, 0) is 39.3 Å². The molecule has 4 heterocycles. The van der Waals surface area contributed by atoms with Gasteiger partial charge < -0.3 is 0 Å². The average Bonchev–Trinajstić information content (AvgIpc) is 2.80. The minimum Gasteiger partial charge on any atom is -0.241 e. The summed E-state index contributed by atoms with van der Waals surface area (Å²) in [5, 5.41) is 0.662. The standard InChI is InChI=1S/C5H3Cl3N2.C5H4ClFN2.C5H4F2N2.C5H5FN2/c1-2-3(6)4(7)10-5(8)9-2;2*1-3-4(6)5(7)9-2-8-3;1-4-2-5(6)8-3-7-4/h1H3;2*2H,1H3;2-3H,1H3. The van der Waals surface area contributed by atoms with Crippen molar-refractivity contribution in [2.24, 2.45) is 0 Å². The molecule has 0 fully saturated rings. The molecule has 0 aliphatic carbocycles. The molecule has 0 amide bonds. The molecule has 0 N–H and O–H groups in total. The first kappa shape index (κ1) is 31.2. The number of hydrogen-bond donors (Lipinski definition) is 0. The second kappa shape index (κ2) is 15.3. The van der Waals surface area contributed by atoms with Crippen LogP contribution in [0.25, 0.3) is 0 Å². The maximum absolute atomic E-state index is 12.3. The van der Waals surface area contributed by atoms with E-state index in [1.54, 1.807) is 20.8 Å². The Morgan fingerprint density at radius 1 is 0.583 bits per heavy atom. The average molecular weight is 586 g/mol. The lowest BCUT2D eigenvalue weighted by atomic mass is 10.4. The normalized spacial score (nSPS) is 9.67. The van der Waals surface area contributed by atoms with Gasteiger partial charge in [-0.1, -0.05) is 34.8 Å². The van der Waals surface area contributed by atoms with Crippen LogP contribution < -0.4 is 0 Å². The number of rotatable bonds is 0. The van der Waals surface area contributed by atoms with E-state index in [1.165, 1.54) is 19.3 Å². The molecule has 0 spiro atoms. The van der Waals surface area contributed by atoms with Gasteiger partial charge in [0, 0.05) is 11.8 Å². The topological polar surface area (TPSA) is 103 Å². The zero-order chi connectivity index (χ0) is 27.4. The summed E-state index contributed by atoms with van der Waals surface area (Å²) in [7, 11) is 0. The summed E-state index contributed by atoms with van der Waals surface area (Å²) in [4.78, 5) is 27.6. The Bertz CT molecular complexity index is 1170. The summed E-state index contributed by atoms with van der Waals surface area (Å²) in [5.74, 6) is -3.21. The van der Waals surface area contributed by atoms with Crippen LogP contribution in [0, 0.1) is 51.4 Å². The molecule has 192 valence electrons. The van der Waals surface area contributed by atoms with E-state index in [1.807, 2.05) is 0 Å². The van der Waals surface area contributed by atoms with Gasteiger partial charge in [-0.25, -0.2) is 39.9 Å². The second-order valence-corrected chi connectivity index (χ2v) is 7.74. The maximum Gasteiger partial charge on any atom is 0.252 e. The molecule has 0 atom stereocenters. The molecule has 16 heteroatoms. The maximum atomic E-state index is 12.3. The van der Waals surface area contributed by atoms with Gasteiger partial charge in [-0.15, -0.1) is 0 Å². The van der Waals surface area contributed by atoms with Crippen molar-refractivity contribution < 1.29 is 17.6 Å². The molecule has 0 saturated heterocycles. The summed E-state index contributed by atoms with van der Waals surface area (Å²) in [6.45, 7) is 6.42. The van der Waals surface area contributed by atoms with Gasteiger partial charge in [0.2, 0.25) is 17.2 Å². The van der Waals surface area contributed by atoms with Gasteiger partial charge in [-0.2, -0.15) is 17.6 Å². The molecule has 0 saturated carbocycles. The van der Waals surface area contributed by atoms with Crippen LogP contribution in [0.5, 0.6) is 0 Å². The molecule has 4 aromatic heterocycles. The molecule has 0 aliphatic heterocycles. The van der Waals surface area contributed by atoms with Crippen molar-refractivity contribution in [3.63, 3.8) is 0 Å². The Hall–Kier alpha value is -2.80. The predicted octanol–water partition coefficient (Wildman–Crippen LogP) is 6.31. The molecule has 0 aromatic carbocycles. The van der Waals surface area contributed by atoms with Gasteiger partial charge in [-0.3, -0.25) is 0 Å². The van der Waals surface area contributed by atoms with E-state index in [4.69, 9.17) is 46.4 Å². The highest BCUT2D eigenvalue weighted by molar-refractivity contribution is 6.42. The Morgan fingerprint density at radius 3 is 1.56 bits per heavy atom. The Kier molecular flexibility index (Phi) is 13.3. The van der Waals surface area contributed by atoms with Crippen LogP contribution in [0.3, 0.4) is 0 Å². The summed E-state index contributed by atoms with van der Waals surface area (Å²) in [5.41, 5.74) is 1.73. The smallest absolute Gasteiger partial charge is 0.241 e. The van der Waals surface area contributed by atoms with Gasteiger partial charge >= 0.3 is 0 Å². The monoisotopic (exact) mass is 584 g/mol. The summed E-state index contributed by atoms with van der Waals surface area (Å²) < 4.78 is 48.6. The van der Waals surface area contributed by atoms with E-state index in [0.717, 1.165) is 12.7 Å². The molecule has 0 unspecified atom stereocenters. The van der Waals surface area contributed by atoms with Crippen molar-refractivity contribution in [2.45, 2.75) is 27.7 Å². The molecular weight excluding hydrogens is 570 g/mol. The zero-order valence-electron chi connectivity index (χ0n) is 18.9. The molecule has 8 nitrogen and oxygen atoms in total. The van der Waals surface area contributed by atoms with Crippen molar-refractivity contribution in [2.75, 3.05) is 0 Å². The third-order valence-corrected chi connectivity index (χ3v) is 4.98. The van der Waals surface area contributed by atoms with Gasteiger partial charge in [0.15, 0.2) is 11.0 Å². The third-order valence-electron chi connectivity index (χ3n) is 3.56. The van der Waals surface area contributed by atoms with Crippen LogP contribution in [-0.2, 0) is 0 Å². The quantitative estimate of drug-likeness (QED) is 0.134. The minimum absolute atomic E-state index is 0.00231. The van der Waals surface area contributed by atoms with E-state index in [2.05, 4.69) is 39.9 Å². The van der Waals surface area contributed by atoms with E-state index in [0.29, 0.717) is 22.1 Å². The first-order chi connectivity index (χ1) is 16.8. The van der Waals surface area contributed by atoms with Crippen LogP contribution in [0.2, 0.25) is 20.5 Å². The van der Waals surface area contributed by atoms with E-state index in [9.17, 15) is 17.6 Å². The van der Waals surface area contributed by atoms with Crippen molar-refractivity contribution in [1.82, 2.24) is 39.9 Å². The number of hydrogen-bond acceptors (Lipinski definition) is 8. The SMILES string of the molecule is Cc1cc(F)ncn1.Cc1nc(Cl)nc(Cl)c1Cl.Cc1ncnc(F)c1Cl.Cc1ncnc(F)c1F. The number of aromatic nitrogens is 8. The summed E-state index contributed by atoms with van der Waals surface area (Å²) in [6, 6.07) is 1.28. The number of aryl methyl sites for hydroxylation is 4. The van der Waals surface area contributed by atoms with E-state index in [-0.39, 0.29) is 21.2 Å². The van der Waals surface area contributed by atoms with Crippen LogP contribution in [0.4, 0.5) is 17.6 Å². The minimum atomic E-state index is -1.09. The van der Waals surface area contributed by atoms with E-state index < -0.39 is 23.7 Å². The van der Waals surface area contributed by atoms with Gasteiger partial charge in [0.25, 0.3) is 5.95 Å². The Morgan fingerprint density at radius 2 is 1.14 bits per heavy atom. The Labute approximate surface area is 223 Å². The fourth-order valence-corrected chi connectivity index (χ4v) is 2.42. The molecule has 0 aliphatic rings. The van der Waals surface area contributed by atoms with Crippen LogP contribution in [-0.4, -0.2) is 39.9 Å². The molecule has 4 aromatic rings. The second-order valence-electron chi connectivity index (χ2n) is 6.29. The lowest BCUT2D eigenvalue weighted by molar-refractivity contribution is 0.466. The fraction of sp³-hybridized carbons (Fsp3) is 0.200. The third kappa shape index (κ3) is 10.9. The predicted molar refractivity (Wildman–Crippen MR) is 127 cm³/mol. The first-order valence-corrected chi connectivity index (χ1v) is 10.9. The number of halogens is 8. The Balaban J connectivity index is 0.000000241. The summed E-state index contributed by atoms with van der Waals surface area (Å²) in [6.07, 6.45) is 3.31. The van der Waals surface area contributed by atoms with Gasteiger partial charge in [0.1, 0.15) is 24.0 Å². The van der Waals surface area contributed by atoms with Crippen LogP contribution in [0.1, 0.15) is 22.8 Å². The first-order valence-electron chi connectivity index (χ1n) is 9.37. The van der Waals surface area contributed by atoms with Gasteiger partial charge in [0.05, 0.1) is 22.1 Å². The van der Waals surface area contributed by atoms with Crippen molar-refractivity contribution in [3.05, 3.63) is 92.0 Å². The molecule has 4 rings (SSSR count). The van der Waals surface area contributed by atoms with Crippen molar-refractivity contribution in [1.29, 1.82) is 0 Å². The lowest BCUT2D eigenvalue weighted by Gasteiger charge is -1.97. The van der Waals surface area contributed by atoms with E-state index >= 15 is 0 Å². The highest BCUT2D eigenvalue weighted by Crippen LogP contribution is 2.22. The largest absolute Gasteiger partial charge is 0.252 e.